The fourth-order valence-electron chi connectivity index (χ4n) is 1.52. The normalized spacial score (nSPS) is 11.4. The van der Waals surface area contributed by atoms with Crippen molar-refractivity contribution in [2.45, 2.75) is 26.7 Å². The molecule has 108 valence electrons. The van der Waals surface area contributed by atoms with Crippen LogP contribution >= 0.6 is 0 Å². The number of anilines is 2. The Morgan fingerprint density at radius 1 is 1.26 bits per heavy atom. The molecule has 6 N–H and O–H groups in total. The second-order valence-corrected chi connectivity index (χ2v) is 5.88. The van der Waals surface area contributed by atoms with Crippen LogP contribution in [-0.2, 0) is 16.4 Å². The van der Waals surface area contributed by atoms with Gasteiger partial charge < -0.3 is 10.7 Å². The van der Waals surface area contributed by atoms with E-state index in [0.29, 0.717) is 17.5 Å². The molecule has 1 aromatic heterocycles. The van der Waals surface area contributed by atoms with Crippen LogP contribution in [0.5, 0.6) is 0 Å². The molecular formula is C10H20N6O2S. The number of rotatable bonds is 7. The van der Waals surface area contributed by atoms with E-state index in [9.17, 15) is 8.42 Å². The lowest BCUT2D eigenvalue weighted by Crippen LogP contribution is -2.23. The molecule has 0 saturated heterocycles. The minimum Gasteiger partial charge on any atom is -0.369 e. The number of hydrazine groups is 1. The van der Waals surface area contributed by atoms with Crippen LogP contribution in [0.25, 0.3) is 0 Å². The zero-order valence-corrected chi connectivity index (χ0v) is 11.9. The number of aromatic nitrogens is 2. The van der Waals surface area contributed by atoms with E-state index in [2.05, 4.69) is 20.7 Å². The van der Waals surface area contributed by atoms with Crippen molar-refractivity contribution in [1.82, 2.24) is 9.97 Å². The molecule has 0 spiro atoms. The van der Waals surface area contributed by atoms with Gasteiger partial charge in [-0.2, -0.15) is 0 Å². The molecule has 0 unspecified atom stereocenters. The minimum absolute atomic E-state index is 0.162. The molecule has 0 bridgehead atoms. The molecule has 1 heterocycles. The zero-order chi connectivity index (χ0) is 14.5. The van der Waals surface area contributed by atoms with Gasteiger partial charge in [0, 0.05) is 18.5 Å². The lowest BCUT2D eigenvalue weighted by molar-refractivity contribution is 0.598. The van der Waals surface area contributed by atoms with Gasteiger partial charge in [-0.05, 0) is 13.3 Å². The van der Waals surface area contributed by atoms with Crippen LogP contribution in [0.4, 0.5) is 11.6 Å². The van der Waals surface area contributed by atoms with Crippen molar-refractivity contribution < 1.29 is 8.42 Å². The first kappa shape index (κ1) is 15.6. The third-order valence-corrected chi connectivity index (χ3v) is 3.25. The maximum atomic E-state index is 10.9. The van der Waals surface area contributed by atoms with E-state index in [4.69, 9.17) is 11.0 Å². The number of nitrogens with two attached hydrogens (primary N) is 2. The van der Waals surface area contributed by atoms with Gasteiger partial charge in [-0.25, -0.2) is 29.4 Å². The molecule has 0 aliphatic carbocycles. The molecule has 1 rings (SSSR count). The lowest BCUT2D eigenvalue weighted by Gasteiger charge is -2.13. The highest BCUT2D eigenvalue weighted by Gasteiger charge is 2.10. The number of nitrogens with one attached hydrogen (secondary N) is 2. The van der Waals surface area contributed by atoms with Crippen LogP contribution in [0.2, 0.25) is 0 Å². The maximum absolute atomic E-state index is 10.9. The van der Waals surface area contributed by atoms with E-state index in [1.54, 1.807) is 6.92 Å². The van der Waals surface area contributed by atoms with Crippen molar-refractivity contribution in [2.75, 3.05) is 23.0 Å². The summed E-state index contributed by atoms with van der Waals surface area (Å²) in [7, 11) is -3.49. The molecule has 0 saturated carbocycles. The van der Waals surface area contributed by atoms with Gasteiger partial charge in [0.05, 0.1) is 5.75 Å². The van der Waals surface area contributed by atoms with Gasteiger partial charge in [0.25, 0.3) is 0 Å². The highest BCUT2D eigenvalue weighted by molar-refractivity contribution is 7.89. The summed E-state index contributed by atoms with van der Waals surface area (Å²) < 4.78 is 21.7. The van der Waals surface area contributed by atoms with Crippen LogP contribution < -0.4 is 21.7 Å². The molecule has 0 aliphatic heterocycles. The van der Waals surface area contributed by atoms with E-state index < -0.39 is 10.0 Å². The van der Waals surface area contributed by atoms with Crippen molar-refractivity contribution >= 4 is 21.7 Å². The quantitative estimate of drug-likeness (QED) is 0.400. The molecule has 8 nitrogen and oxygen atoms in total. The average Bonchev–Trinajstić information content (AvgIpc) is 2.31. The minimum atomic E-state index is -3.49. The van der Waals surface area contributed by atoms with Crippen molar-refractivity contribution in [3.63, 3.8) is 0 Å². The van der Waals surface area contributed by atoms with Crippen LogP contribution in [0.1, 0.15) is 24.7 Å². The van der Waals surface area contributed by atoms with Gasteiger partial charge in [-0.1, -0.05) is 6.92 Å². The Kier molecular flexibility index (Phi) is 5.45. The van der Waals surface area contributed by atoms with Crippen molar-refractivity contribution in [3.8, 4) is 0 Å². The van der Waals surface area contributed by atoms with Gasteiger partial charge >= 0.3 is 0 Å². The Labute approximate surface area is 113 Å². The summed E-state index contributed by atoms with van der Waals surface area (Å²) in [5.74, 6) is 6.98. The Morgan fingerprint density at radius 2 is 1.89 bits per heavy atom. The smallest absolute Gasteiger partial charge is 0.210 e. The molecular weight excluding hydrogens is 268 g/mol. The number of sulfonamides is 1. The van der Waals surface area contributed by atoms with Gasteiger partial charge in [0.1, 0.15) is 17.5 Å². The number of nitrogens with zero attached hydrogens (tertiary/aromatic N) is 2. The summed E-state index contributed by atoms with van der Waals surface area (Å²) in [5.41, 5.74) is 3.24. The van der Waals surface area contributed by atoms with Crippen LogP contribution in [0.15, 0.2) is 0 Å². The number of hydrogen-bond donors (Lipinski definition) is 4. The molecule has 0 radical (unpaired) electrons. The third-order valence-electron chi connectivity index (χ3n) is 2.48. The first-order chi connectivity index (χ1) is 8.87. The first-order valence-electron chi connectivity index (χ1n) is 5.96. The number of primary sulfonamides is 1. The fourth-order valence-corrected chi connectivity index (χ4v) is 1.91. The summed E-state index contributed by atoms with van der Waals surface area (Å²) in [6.45, 7) is 4.00. The number of nitrogen functional groups attached to an aromatic ring is 1. The van der Waals surface area contributed by atoms with E-state index in [1.807, 2.05) is 6.92 Å². The Morgan fingerprint density at radius 3 is 2.42 bits per heavy atom. The Bertz CT molecular complexity index is 531. The lowest BCUT2D eigenvalue weighted by atomic mass is 10.2. The van der Waals surface area contributed by atoms with Crippen LogP contribution in [0, 0.1) is 6.92 Å². The third kappa shape index (κ3) is 4.97. The Hall–Kier alpha value is -1.45. The summed E-state index contributed by atoms with van der Waals surface area (Å²) in [6.07, 6.45) is 1.63. The van der Waals surface area contributed by atoms with Crippen molar-refractivity contribution in [3.05, 3.63) is 11.4 Å². The summed E-state index contributed by atoms with van der Waals surface area (Å²) in [6, 6.07) is 0. The number of hydrogen-bond acceptors (Lipinski definition) is 7. The highest BCUT2D eigenvalue weighted by atomic mass is 32.2. The molecule has 0 fully saturated rings. The van der Waals surface area contributed by atoms with Crippen molar-refractivity contribution in [1.29, 1.82) is 0 Å². The SMILES string of the molecule is CCCc1nc(NN)c(C)c(NCCS(N)(=O)=O)n1. The molecule has 1 aromatic rings. The average molecular weight is 288 g/mol. The molecule has 0 amide bonds. The molecule has 19 heavy (non-hydrogen) atoms. The van der Waals surface area contributed by atoms with Gasteiger partial charge in [-0.3, -0.25) is 0 Å². The van der Waals surface area contributed by atoms with Gasteiger partial charge in [0.2, 0.25) is 10.0 Å². The van der Waals surface area contributed by atoms with Gasteiger partial charge in [0.15, 0.2) is 0 Å². The molecule has 0 aliphatic rings. The predicted octanol–water partition coefficient (Wildman–Crippen LogP) is -0.276. The fraction of sp³-hybridized carbons (Fsp3) is 0.600. The summed E-state index contributed by atoms with van der Waals surface area (Å²) in [5, 5.41) is 7.88. The largest absolute Gasteiger partial charge is 0.369 e. The van der Waals surface area contributed by atoms with E-state index >= 15 is 0 Å². The van der Waals surface area contributed by atoms with E-state index in [-0.39, 0.29) is 12.3 Å². The van der Waals surface area contributed by atoms with E-state index in [0.717, 1.165) is 18.4 Å². The second kappa shape index (κ2) is 6.64. The first-order valence-corrected chi connectivity index (χ1v) is 7.67. The predicted molar refractivity (Wildman–Crippen MR) is 75.0 cm³/mol. The maximum Gasteiger partial charge on any atom is 0.210 e. The molecule has 0 aromatic carbocycles. The van der Waals surface area contributed by atoms with Crippen molar-refractivity contribution in [2.24, 2.45) is 11.0 Å². The van der Waals surface area contributed by atoms with E-state index in [1.165, 1.54) is 0 Å². The molecule has 9 heteroatoms. The molecule has 0 atom stereocenters. The van der Waals surface area contributed by atoms with Crippen LogP contribution in [-0.4, -0.2) is 30.7 Å². The summed E-state index contributed by atoms with van der Waals surface area (Å²) >= 11 is 0. The Balaban J connectivity index is 2.88. The van der Waals surface area contributed by atoms with Crippen LogP contribution in [0.3, 0.4) is 0 Å². The standard InChI is InChI=1S/C10H20N6O2S/c1-3-4-8-14-9(7(2)10(15-8)16-11)13-5-6-19(12,17)18/h3-6,11H2,1-2H3,(H2,12,17,18)(H2,13,14,15,16). The zero-order valence-electron chi connectivity index (χ0n) is 11.1. The topological polar surface area (TPSA) is 136 Å². The number of aryl methyl sites for hydroxylation is 1. The highest BCUT2D eigenvalue weighted by Crippen LogP contribution is 2.19. The van der Waals surface area contributed by atoms with Gasteiger partial charge in [-0.15, -0.1) is 0 Å². The monoisotopic (exact) mass is 288 g/mol. The summed E-state index contributed by atoms with van der Waals surface area (Å²) in [4.78, 5) is 8.60. The second-order valence-electron chi connectivity index (χ2n) is 4.15.